The van der Waals surface area contributed by atoms with Gasteiger partial charge in [-0.25, -0.2) is 8.42 Å². The van der Waals surface area contributed by atoms with Gasteiger partial charge in [0.25, 0.3) is 0 Å². The molecule has 0 spiro atoms. The molecule has 1 rings (SSSR count). The Balaban J connectivity index is 2.84. The molecule has 1 aromatic rings. The van der Waals surface area contributed by atoms with Gasteiger partial charge in [0.1, 0.15) is 0 Å². The van der Waals surface area contributed by atoms with Crippen LogP contribution < -0.4 is 11.1 Å². The molecule has 0 unspecified atom stereocenters. The van der Waals surface area contributed by atoms with Gasteiger partial charge in [-0.3, -0.25) is 4.79 Å². The molecule has 1 atom stereocenters. The van der Waals surface area contributed by atoms with E-state index in [1.165, 1.54) is 12.1 Å². The summed E-state index contributed by atoms with van der Waals surface area (Å²) in [5, 5.41) is 2.69. The zero-order valence-corrected chi connectivity index (χ0v) is 13.1. The molecule has 0 aliphatic rings. The van der Waals surface area contributed by atoms with Gasteiger partial charge in [-0.2, -0.15) is 0 Å². The van der Waals surface area contributed by atoms with Crippen LogP contribution >= 0.6 is 0 Å². The molecule has 3 N–H and O–H groups in total. The van der Waals surface area contributed by atoms with Crippen molar-refractivity contribution in [3.8, 4) is 0 Å². The highest BCUT2D eigenvalue weighted by Crippen LogP contribution is 2.20. The van der Waals surface area contributed by atoms with Crippen molar-refractivity contribution in [1.82, 2.24) is 0 Å². The van der Waals surface area contributed by atoms with Crippen molar-refractivity contribution in [2.24, 2.45) is 11.1 Å². The molecule has 1 amide bonds. The van der Waals surface area contributed by atoms with Crippen LogP contribution in [0.2, 0.25) is 0 Å². The lowest BCUT2D eigenvalue weighted by molar-refractivity contribution is -0.119. The van der Waals surface area contributed by atoms with Gasteiger partial charge in [0.15, 0.2) is 9.84 Å². The normalized spacial score (nSPS) is 13.8. The number of carbonyl (C=O) groups excluding carboxylic acids is 1. The Labute approximate surface area is 120 Å². The number of anilines is 1. The number of sulfone groups is 1. The van der Waals surface area contributed by atoms with Crippen LogP contribution in [0.1, 0.15) is 27.7 Å². The number of rotatable bonds is 4. The van der Waals surface area contributed by atoms with E-state index in [1.54, 1.807) is 19.1 Å². The van der Waals surface area contributed by atoms with E-state index in [2.05, 4.69) is 5.32 Å². The first-order chi connectivity index (χ1) is 9.08. The standard InChI is InChI=1S/C14H22N2O3S/c1-5-20(18,19)11-8-6-10(7-9-11)16-13(17)12(15)14(2,3)4/h6-9,12H,5,15H2,1-4H3,(H,16,17)/t12-/m1/s1. The van der Waals surface area contributed by atoms with Crippen LogP contribution in [0.4, 0.5) is 5.69 Å². The third-order valence-corrected chi connectivity index (χ3v) is 4.83. The van der Waals surface area contributed by atoms with Crippen LogP contribution in [0.15, 0.2) is 29.2 Å². The molecule has 5 nitrogen and oxygen atoms in total. The lowest BCUT2D eigenvalue weighted by Crippen LogP contribution is -2.45. The third kappa shape index (κ3) is 4.05. The Kier molecular flexibility index (Phi) is 4.94. The first-order valence-electron chi connectivity index (χ1n) is 6.47. The van der Waals surface area contributed by atoms with Crippen LogP contribution in [0.3, 0.4) is 0 Å². The Hall–Kier alpha value is -1.40. The second kappa shape index (κ2) is 5.93. The van der Waals surface area contributed by atoms with Crippen LogP contribution in [0.5, 0.6) is 0 Å². The minimum Gasteiger partial charge on any atom is -0.325 e. The smallest absolute Gasteiger partial charge is 0.241 e. The van der Waals surface area contributed by atoms with Gasteiger partial charge in [0.2, 0.25) is 5.91 Å². The summed E-state index contributed by atoms with van der Waals surface area (Å²) in [7, 11) is -3.22. The fraction of sp³-hybridized carbons (Fsp3) is 0.500. The molecule has 0 aromatic heterocycles. The van der Waals surface area contributed by atoms with Gasteiger partial charge in [-0.05, 0) is 29.7 Å². The number of carbonyl (C=O) groups is 1. The van der Waals surface area contributed by atoms with E-state index in [0.717, 1.165) is 0 Å². The zero-order chi connectivity index (χ0) is 15.6. The summed E-state index contributed by atoms with van der Waals surface area (Å²) < 4.78 is 23.3. The Morgan fingerprint density at radius 3 is 2.15 bits per heavy atom. The van der Waals surface area contributed by atoms with E-state index in [1.807, 2.05) is 20.8 Å². The number of benzene rings is 1. The molecule has 0 radical (unpaired) electrons. The number of amides is 1. The second-order valence-electron chi connectivity index (χ2n) is 5.76. The summed E-state index contributed by atoms with van der Waals surface area (Å²) in [6, 6.07) is 5.46. The molecular formula is C14H22N2O3S. The molecule has 20 heavy (non-hydrogen) atoms. The number of nitrogens with one attached hydrogen (secondary N) is 1. The fourth-order valence-electron chi connectivity index (χ4n) is 1.53. The van der Waals surface area contributed by atoms with E-state index in [-0.39, 0.29) is 22.0 Å². The minimum absolute atomic E-state index is 0.0492. The second-order valence-corrected chi connectivity index (χ2v) is 8.04. The Morgan fingerprint density at radius 1 is 1.25 bits per heavy atom. The van der Waals surface area contributed by atoms with Crippen LogP contribution in [0.25, 0.3) is 0 Å². The molecule has 0 aliphatic heterocycles. The van der Waals surface area contributed by atoms with Crippen molar-refractivity contribution < 1.29 is 13.2 Å². The van der Waals surface area contributed by atoms with Gasteiger partial charge in [-0.15, -0.1) is 0 Å². The quantitative estimate of drug-likeness (QED) is 0.887. The lowest BCUT2D eigenvalue weighted by Gasteiger charge is -2.25. The van der Waals surface area contributed by atoms with Crippen LogP contribution in [-0.2, 0) is 14.6 Å². The Morgan fingerprint density at radius 2 is 1.75 bits per heavy atom. The molecule has 112 valence electrons. The molecule has 0 fully saturated rings. The topological polar surface area (TPSA) is 89.3 Å². The van der Waals surface area contributed by atoms with Crippen molar-refractivity contribution in [1.29, 1.82) is 0 Å². The summed E-state index contributed by atoms with van der Waals surface area (Å²) in [5.74, 6) is -0.239. The summed E-state index contributed by atoms with van der Waals surface area (Å²) in [6.45, 7) is 7.24. The number of hydrogen-bond donors (Lipinski definition) is 2. The number of hydrogen-bond acceptors (Lipinski definition) is 4. The van der Waals surface area contributed by atoms with Crippen molar-refractivity contribution in [3.05, 3.63) is 24.3 Å². The van der Waals surface area contributed by atoms with E-state index in [4.69, 9.17) is 5.73 Å². The third-order valence-electron chi connectivity index (χ3n) is 3.08. The molecule has 1 aromatic carbocycles. The summed E-state index contributed by atoms with van der Waals surface area (Å²) in [5.41, 5.74) is 6.05. The largest absolute Gasteiger partial charge is 0.325 e. The van der Waals surface area contributed by atoms with Gasteiger partial charge >= 0.3 is 0 Å². The minimum atomic E-state index is -3.22. The van der Waals surface area contributed by atoms with Crippen molar-refractivity contribution in [2.45, 2.75) is 38.6 Å². The highest BCUT2D eigenvalue weighted by atomic mass is 32.2. The molecular weight excluding hydrogens is 276 g/mol. The van der Waals surface area contributed by atoms with Crippen LogP contribution in [-0.4, -0.2) is 26.1 Å². The predicted octanol–water partition coefficient (Wildman–Crippen LogP) is 1.79. The maximum atomic E-state index is 11.9. The SMILES string of the molecule is CCS(=O)(=O)c1ccc(NC(=O)[C@@H](N)C(C)(C)C)cc1. The highest BCUT2D eigenvalue weighted by molar-refractivity contribution is 7.91. The maximum absolute atomic E-state index is 11.9. The summed E-state index contributed by atoms with van der Waals surface area (Å²) in [6.07, 6.45) is 0. The molecule has 0 saturated heterocycles. The van der Waals surface area contributed by atoms with Crippen molar-refractivity contribution in [3.63, 3.8) is 0 Å². The molecule has 0 bridgehead atoms. The fourth-order valence-corrected chi connectivity index (χ4v) is 2.41. The van der Waals surface area contributed by atoms with Gasteiger partial charge in [0.05, 0.1) is 16.7 Å². The summed E-state index contributed by atoms with van der Waals surface area (Å²) in [4.78, 5) is 12.2. The molecule has 0 aliphatic carbocycles. The maximum Gasteiger partial charge on any atom is 0.241 e. The monoisotopic (exact) mass is 298 g/mol. The van der Waals surface area contributed by atoms with E-state index in [9.17, 15) is 13.2 Å². The van der Waals surface area contributed by atoms with Gasteiger partial charge < -0.3 is 11.1 Å². The van der Waals surface area contributed by atoms with E-state index < -0.39 is 15.9 Å². The van der Waals surface area contributed by atoms with E-state index in [0.29, 0.717) is 5.69 Å². The molecule has 6 heteroatoms. The van der Waals surface area contributed by atoms with Gasteiger partial charge in [-0.1, -0.05) is 27.7 Å². The average molecular weight is 298 g/mol. The van der Waals surface area contributed by atoms with E-state index >= 15 is 0 Å². The molecule has 0 heterocycles. The number of nitrogens with two attached hydrogens (primary N) is 1. The lowest BCUT2D eigenvalue weighted by atomic mass is 9.87. The first-order valence-corrected chi connectivity index (χ1v) is 8.12. The highest BCUT2D eigenvalue weighted by Gasteiger charge is 2.27. The van der Waals surface area contributed by atoms with Gasteiger partial charge in [0, 0.05) is 5.69 Å². The molecule has 0 saturated carbocycles. The van der Waals surface area contributed by atoms with Crippen molar-refractivity contribution in [2.75, 3.05) is 11.1 Å². The summed E-state index contributed by atoms with van der Waals surface area (Å²) >= 11 is 0. The first kappa shape index (κ1) is 16.7. The average Bonchev–Trinajstić information content (AvgIpc) is 2.37. The predicted molar refractivity (Wildman–Crippen MR) is 80.2 cm³/mol. The van der Waals surface area contributed by atoms with Crippen LogP contribution in [0, 0.1) is 5.41 Å². The van der Waals surface area contributed by atoms with Crippen molar-refractivity contribution >= 4 is 21.4 Å². The zero-order valence-electron chi connectivity index (χ0n) is 12.3. The Bertz CT molecular complexity index is 571.